The van der Waals surface area contributed by atoms with Crippen molar-refractivity contribution in [3.8, 4) is 5.75 Å². The van der Waals surface area contributed by atoms with Crippen molar-refractivity contribution in [2.45, 2.75) is 26.2 Å². The number of Topliss-reactive ketones (excluding diaryl/α,β-unsaturated/α-hetero) is 1. The topological polar surface area (TPSA) is 46.5 Å². The quantitative estimate of drug-likeness (QED) is 0.818. The highest BCUT2D eigenvalue weighted by Crippen LogP contribution is 2.23. The lowest BCUT2D eigenvalue weighted by Gasteiger charge is -2.21. The Morgan fingerprint density at radius 3 is 2.76 bits per heavy atom. The summed E-state index contributed by atoms with van der Waals surface area (Å²) in [6, 6.07) is 5.14. The highest BCUT2D eigenvalue weighted by molar-refractivity contribution is 5.96. The van der Waals surface area contributed by atoms with Crippen molar-refractivity contribution in [2.24, 2.45) is 5.92 Å². The predicted molar refractivity (Wildman–Crippen MR) is 65.3 cm³/mol. The Bertz CT molecular complexity index is 406. The summed E-state index contributed by atoms with van der Waals surface area (Å²) in [7, 11) is 0. The number of carbonyl (C=O) groups is 1. The summed E-state index contributed by atoms with van der Waals surface area (Å²) in [5.74, 6) is 0.745. The maximum absolute atomic E-state index is 12.0. The Morgan fingerprint density at radius 2 is 2.12 bits per heavy atom. The molecule has 0 unspecified atom stereocenters. The maximum Gasteiger partial charge on any atom is 0.163 e. The number of rotatable bonds is 3. The van der Waals surface area contributed by atoms with Crippen molar-refractivity contribution in [1.82, 2.24) is 0 Å². The second kappa shape index (κ2) is 5.32. The number of phenols is 1. The zero-order chi connectivity index (χ0) is 12.3. The van der Waals surface area contributed by atoms with Gasteiger partial charge >= 0.3 is 0 Å². The summed E-state index contributed by atoms with van der Waals surface area (Å²) >= 11 is 0. The number of benzene rings is 1. The van der Waals surface area contributed by atoms with Gasteiger partial charge in [-0.25, -0.2) is 0 Å². The van der Waals surface area contributed by atoms with Crippen LogP contribution >= 0.6 is 0 Å². The third kappa shape index (κ3) is 3.07. The smallest absolute Gasteiger partial charge is 0.163 e. The average molecular weight is 234 g/mol. The molecule has 92 valence electrons. The first-order valence-corrected chi connectivity index (χ1v) is 6.07. The van der Waals surface area contributed by atoms with Gasteiger partial charge in [0.2, 0.25) is 0 Å². The first kappa shape index (κ1) is 12.1. The number of aryl methyl sites for hydroxylation is 1. The largest absolute Gasteiger partial charge is 0.508 e. The van der Waals surface area contributed by atoms with E-state index in [0.29, 0.717) is 17.9 Å². The Hall–Kier alpha value is -1.35. The minimum atomic E-state index is 0.118. The first-order valence-electron chi connectivity index (χ1n) is 6.07. The summed E-state index contributed by atoms with van der Waals surface area (Å²) < 4.78 is 5.27. The highest BCUT2D eigenvalue weighted by Gasteiger charge is 2.18. The van der Waals surface area contributed by atoms with Crippen LogP contribution in [0.4, 0.5) is 0 Å². The van der Waals surface area contributed by atoms with Gasteiger partial charge in [0.1, 0.15) is 5.75 Å². The summed E-state index contributed by atoms with van der Waals surface area (Å²) in [6.45, 7) is 3.34. The summed E-state index contributed by atoms with van der Waals surface area (Å²) in [5, 5.41) is 9.58. The molecule has 0 saturated carbocycles. The molecule has 0 aromatic heterocycles. The lowest BCUT2D eigenvalue weighted by atomic mass is 9.92. The Kier molecular flexibility index (Phi) is 3.79. The second-order valence-electron chi connectivity index (χ2n) is 4.68. The fourth-order valence-electron chi connectivity index (χ4n) is 2.11. The fraction of sp³-hybridized carbons (Fsp3) is 0.500. The van der Waals surface area contributed by atoms with Gasteiger partial charge in [-0.15, -0.1) is 0 Å². The van der Waals surface area contributed by atoms with E-state index in [1.54, 1.807) is 18.2 Å². The standard InChI is InChI=1S/C14H18O3/c1-10-2-3-12(9-13(10)15)14(16)8-11-4-6-17-7-5-11/h2-3,9,11,15H,4-8H2,1H3. The van der Waals surface area contributed by atoms with Gasteiger partial charge in [-0.3, -0.25) is 4.79 Å². The normalized spacial score (nSPS) is 17.0. The van der Waals surface area contributed by atoms with Crippen LogP contribution in [0.3, 0.4) is 0 Å². The molecule has 1 aromatic carbocycles. The lowest BCUT2D eigenvalue weighted by Crippen LogP contribution is -2.18. The third-order valence-electron chi connectivity index (χ3n) is 3.35. The van der Waals surface area contributed by atoms with Crippen molar-refractivity contribution in [2.75, 3.05) is 13.2 Å². The van der Waals surface area contributed by atoms with Gasteiger partial charge in [-0.05, 0) is 37.3 Å². The molecule has 0 spiro atoms. The van der Waals surface area contributed by atoms with Gasteiger partial charge in [0.05, 0.1) is 0 Å². The van der Waals surface area contributed by atoms with Gasteiger partial charge < -0.3 is 9.84 Å². The van der Waals surface area contributed by atoms with Crippen LogP contribution < -0.4 is 0 Å². The van der Waals surface area contributed by atoms with Gasteiger partial charge in [-0.2, -0.15) is 0 Å². The molecule has 0 bridgehead atoms. The molecule has 3 heteroatoms. The number of carbonyl (C=O) groups excluding carboxylic acids is 1. The van der Waals surface area contributed by atoms with Crippen molar-refractivity contribution in [1.29, 1.82) is 0 Å². The van der Waals surface area contributed by atoms with Crippen LogP contribution in [0.2, 0.25) is 0 Å². The number of ether oxygens (including phenoxy) is 1. The van der Waals surface area contributed by atoms with Crippen molar-refractivity contribution < 1.29 is 14.6 Å². The zero-order valence-corrected chi connectivity index (χ0v) is 10.1. The van der Waals surface area contributed by atoms with Gasteiger partial charge in [0, 0.05) is 25.2 Å². The van der Waals surface area contributed by atoms with Crippen molar-refractivity contribution in [3.63, 3.8) is 0 Å². The van der Waals surface area contributed by atoms with Crippen LogP contribution in [0.5, 0.6) is 5.75 Å². The average Bonchev–Trinajstić information content (AvgIpc) is 2.34. The van der Waals surface area contributed by atoms with E-state index in [4.69, 9.17) is 4.74 Å². The molecule has 1 heterocycles. The third-order valence-corrected chi connectivity index (χ3v) is 3.35. The molecular weight excluding hydrogens is 216 g/mol. The maximum atomic E-state index is 12.0. The second-order valence-corrected chi connectivity index (χ2v) is 4.68. The lowest BCUT2D eigenvalue weighted by molar-refractivity contribution is 0.0601. The van der Waals surface area contributed by atoms with E-state index in [1.807, 2.05) is 6.92 Å². The molecule has 1 aromatic rings. The van der Waals surface area contributed by atoms with E-state index in [9.17, 15) is 9.90 Å². The van der Waals surface area contributed by atoms with Crippen LogP contribution in [-0.2, 0) is 4.74 Å². The first-order chi connectivity index (χ1) is 8.16. The summed E-state index contributed by atoms with van der Waals surface area (Å²) in [6.07, 6.45) is 2.49. The Labute approximate surface area is 101 Å². The van der Waals surface area contributed by atoms with Gasteiger partial charge in [0.15, 0.2) is 5.78 Å². The van der Waals surface area contributed by atoms with Crippen molar-refractivity contribution >= 4 is 5.78 Å². The molecule has 0 atom stereocenters. The molecule has 1 N–H and O–H groups in total. The molecule has 1 fully saturated rings. The Morgan fingerprint density at radius 1 is 1.41 bits per heavy atom. The number of hydrogen-bond donors (Lipinski definition) is 1. The van der Waals surface area contributed by atoms with E-state index >= 15 is 0 Å². The zero-order valence-electron chi connectivity index (χ0n) is 10.1. The van der Waals surface area contributed by atoms with Crippen LogP contribution in [0.25, 0.3) is 0 Å². The molecule has 17 heavy (non-hydrogen) atoms. The minimum Gasteiger partial charge on any atom is -0.508 e. The van der Waals surface area contributed by atoms with Crippen molar-refractivity contribution in [3.05, 3.63) is 29.3 Å². The summed E-state index contributed by atoms with van der Waals surface area (Å²) in [4.78, 5) is 12.0. The molecule has 1 saturated heterocycles. The number of phenolic OH excluding ortho intramolecular Hbond substituents is 1. The molecule has 0 radical (unpaired) electrons. The van der Waals surface area contributed by atoms with Crippen LogP contribution in [0.15, 0.2) is 18.2 Å². The highest BCUT2D eigenvalue weighted by atomic mass is 16.5. The number of ketones is 1. The van der Waals surface area contributed by atoms with E-state index in [2.05, 4.69) is 0 Å². The molecule has 0 aliphatic carbocycles. The molecule has 0 amide bonds. The van der Waals surface area contributed by atoms with Gasteiger partial charge in [-0.1, -0.05) is 12.1 Å². The summed E-state index contributed by atoms with van der Waals surface area (Å²) in [5.41, 5.74) is 1.41. The molecule has 2 rings (SSSR count). The van der Waals surface area contributed by atoms with Crippen LogP contribution in [-0.4, -0.2) is 24.1 Å². The van der Waals surface area contributed by atoms with Gasteiger partial charge in [0.25, 0.3) is 0 Å². The van der Waals surface area contributed by atoms with E-state index in [-0.39, 0.29) is 11.5 Å². The van der Waals surface area contributed by atoms with E-state index in [0.717, 1.165) is 31.6 Å². The number of aromatic hydroxyl groups is 1. The van der Waals surface area contributed by atoms with E-state index in [1.165, 1.54) is 0 Å². The molecule has 1 aliphatic heterocycles. The predicted octanol–water partition coefficient (Wildman–Crippen LogP) is 2.70. The Balaban J connectivity index is 2.01. The monoisotopic (exact) mass is 234 g/mol. The molecular formula is C14H18O3. The minimum absolute atomic E-state index is 0.118. The van der Waals surface area contributed by atoms with E-state index < -0.39 is 0 Å². The SMILES string of the molecule is Cc1ccc(C(=O)CC2CCOCC2)cc1O. The fourth-order valence-corrected chi connectivity index (χ4v) is 2.11. The van der Waals surface area contributed by atoms with Crippen LogP contribution in [0, 0.1) is 12.8 Å². The number of hydrogen-bond acceptors (Lipinski definition) is 3. The molecule has 3 nitrogen and oxygen atoms in total. The van der Waals surface area contributed by atoms with Crippen LogP contribution in [0.1, 0.15) is 35.2 Å². The molecule has 1 aliphatic rings.